The molecule has 1 aromatic rings. The molecule has 1 saturated carbocycles. The van der Waals surface area contributed by atoms with Gasteiger partial charge < -0.3 is 15.2 Å². The zero-order valence-electron chi connectivity index (χ0n) is 15.0. The third-order valence-corrected chi connectivity index (χ3v) is 5.85. The van der Waals surface area contributed by atoms with Gasteiger partial charge in [-0.2, -0.15) is 0 Å². The van der Waals surface area contributed by atoms with Gasteiger partial charge in [-0.05, 0) is 42.9 Å². The first kappa shape index (κ1) is 17.6. The first-order valence-electron chi connectivity index (χ1n) is 9.21. The molecule has 0 unspecified atom stereocenters. The maximum absolute atomic E-state index is 12.8. The van der Waals surface area contributed by atoms with Crippen molar-refractivity contribution in [3.63, 3.8) is 0 Å². The van der Waals surface area contributed by atoms with Crippen LogP contribution in [0.3, 0.4) is 0 Å². The standard InChI is InChI=1S/C20H22N2O5/c1-11(12-3-2-4-15(10-12)22-7-8-27-20(22)26)21-18(23)16-13-5-6-14(9-13)17(16)19(24)25/h2-6,10-11,13-14,16-17H,7-9H2,1H3,(H,21,23)(H,24,25)/t11-,13-,14-,16-,17+/m0/s1. The number of hydrogen-bond acceptors (Lipinski definition) is 4. The second-order valence-electron chi connectivity index (χ2n) is 7.43. The van der Waals surface area contributed by atoms with Gasteiger partial charge in [0.25, 0.3) is 0 Å². The van der Waals surface area contributed by atoms with Crippen LogP contribution in [0.15, 0.2) is 36.4 Å². The number of hydrogen-bond donors (Lipinski definition) is 2. The summed E-state index contributed by atoms with van der Waals surface area (Å²) in [7, 11) is 0. The summed E-state index contributed by atoms with van der Waals surface area (Å²) in [5.74, 6) is -2.38. The normalized spacial score (nSPS) is 29.7. The largest absolute Gasteiger partial charge is 0.481 e. The van der Waals surface area contributed by atoms with Crippen molar-refractivity contribution in [2.75, 3.05) is 18.1 Å². The number of nitrogens with zero attached hydrogens (tertiary/aromatic N) is 1. The summed E-state index contributed by atoms with van der Waals surface area (Å²) in [5, 5.41) is 12.5. The molecular formula is C20H22N2O5. The van der Waals surface area contributed by atoms with Gasteiger partial charge in [-0.3, -0.25) is 14.5 Å². The number of cyclic esters (lactones) is 1. The molecule has 2 N–H and O–H groups in total. The number of rotatable bonds is 5. The van der Waals surface area contributed by atoms with Crippen LogP contribution in [-0.4, -0.2) is 36.2 Å². The smallest absolute Gasteiger partial charge is 0.414 e. The number of benzene rings is 1. The highest BCUT2D eigenvalue weighted by molar-refractivity contribution is 5.89. The second-order valence-corrected chi connectivity index (χ2v) is 7.43. The number of aliphatic carboxylic acids is 1. The number of carboxylic acids is 1. The minimum atomic E-state index is -0.908. The number of anilines is 1. The van der Waals surface area contributed by atoms with E-state index in [0.29, 0.717) is 13.2 Å². The van der Waals surface area contributed by atoms with Crippen molar-refractivity contribution < 1.29 is 24.2 Å². The minimum absolute atomic E-state index is 0.00555. The SMILES string of the molecule is C[C@H](NC(=O)[C@@H]1[C@H](C(=O)O)[C@H]2C=C[C@H]1C2)c1cccc(N2CCOC2=O)c1. The van der Waals surface area contributed by atoms with E-state index in [-0.39, 0.29) is 29.9 Å². The molecule has 7 heteroatoms. The topological polar surface area (TPSA) is 95.9 Å². The molecule has 1 heterocycles. The molecule has 7 nitrogen and oxygen atoms in total. The fourth-order valence-electron chi connectivity index (χ4n) is 4.50. The van der Waals surface area contributed by atoms with Gasteiger partial charge in [0.15, 0.2) is 0 Å². The summed E-state index contributed by atoms with van der Waals surface area (Å²) in [4.78, 5) is 37.8. The highest BCUT2D eigenvalue weighted by atomic mass is 16.6. The summed E-state index contributed by atoms with van der Waals surface area (Å²) >= 11 is 0. The van der Waals surface area contributed by atoms with Crippen molar-refractivity contribution in [1.82, 2.24) is 5.32 Å². The fourth-order valence-corrected chi connectivity index (χ4v) is 4.50. The van der Waals surface area contributed by atoms with E-state index in [0.717, 1.165) is 17.7 Å². The molecule has 3 aliphatic rings. The van der Waals surface area contributed by atoms with Gasteiger partial charge in [0.2, 0.25) is 5.91 Å². The summed E-state index contributed by atoms with van der Waals surface area (Å²) in [6, 6.07) is 7.09. The lowest BCUT2D eigenvalue weighted by molar-refractivity contribution is -0.148. The van der Waals surface area contributed by atoms with E-state index < -0.39 is 17.8 Å². The summed E-state index contributed by atoms with van der Waals surface area (Å²) in [6.45, 7) is 2.72. The van der Waals surface area contributed by atoms with E-state index >= 15 is 0 Å². The maximum Gasteiger partial charge on any atom is 0.414 e. The van der Waals surface area contributed by atoms with Crippen LogP contribution in [0.1, 0.15) is 24.9 Å². The zero-order valence-corrected chi connectivity index (χ0v) is 15.0. The van der Waals surface area contributed by atoms with Gasteiger partial charge in [-0.25, -0.2) is 4.79 Å². The summed E-state index contributed by atoms with van der Waals surface area (Å²) in [6.07, 6.45) is 4.26. The lowest BCUT2D eigenvalue weighted by Crippen LogP contribution is -2.41. The Hall–Kier alpha value is -2.83. The predicted molar refractivity (Wildman–Crippen MR) is 97.0 cm³/mol. The number of allylic oxidation sites excluding steroid dienone is 2. The number of carbonyl (C=O) groups excluding carboxylic acids is 2. The van der Waals surface area contributed by atoms with Crippen LogP contribution < -0.4 is 10.2 Å². The molecule has 2 aliphatic carbocycles. The summed E-state index contributed by atoms with van der Waals surface area (Å²) < 4.78 is 4.97. The minimum Gasteiger partial charge on any atom is -0.481 e. The quantitative estimate of drug-likeness (QED) is 0.776. The van der Waals surface area contributed by atoms with Gasteiger partial charge >= 0.3 is 12.1 Å². The van der Waals surface area contributed by atoms with Gasteiger partial charge in [0, 0.05) is 5.69 Å². The van der Waals surface area contributed by atoms with Crippen LogP contribution in [0.4, 0.5) is 10.5 Å². The molecule has 1 aliphatic heterocycles. The fraction of sp³-hybridized carbons (Fsp3) is 0.450. The Morgan fingerprint density at radius 2 is 2.00 bits per heavy atom. The number of amides is 2. The molecule has 2 fully saturated rings. The van der Waals surface area contributed by atoms with Crippen LogP contribution in [0.2, 0.25) is 0 Å². The first-order valence-corrected chi connectivity index (χ1v) is 9.21. The number of carbonyl (C=O) groups is 3. The molecule has 0 spiro atoms. The third kappa shape index (κ3) is 3.07. The maximum atomic E-state index is 12.8. The number of fused-ring (bicyclic) bond motifs is 2. The van der Waals surface area contributed by atoms with E-state index in [1.54, 1.807) is 4.90 Å². The Kier molecular flexibility index (Phi) is 4.37. The van der Waals surface area contributed by atoms with E-state index in [1.807, 2.05) is 43.3 Å². The molecule has 2 bridgehead atoms. The van der Waals surface area contributed by atoms with Crippen molar-refractivity contribution in [2.45, 2.75) is 19.4 Å². The zero-order chi connectivity index (χ0) is 19.1. The molecule has 5 atom stereocenters. The number of carboxylic acid groups (broad SMARTS) is 1. The highest BCUT2D eigenvalue weighted by Gasteiger charge is 2.51. The van der Waals surface area contributed by atoms with Crippen molar-refractivity contribution >= 4 is 23.7 Å². The molecule has 0 aromatic heterocycles. The third-order valence-electron chi connectivity index (χ3n) is 5.85. The number of nitrogens with one attached hydrogen (secondary N) is 1. The Morgan fingerprint density at radius 3 is 2.67 bits per heavy atom. The van der Waals surface area contributed by atoms with Crippen LogP contribution in [-0.2, 0) is 14.3 Å². The van der Waals surface area contributed by atoms with Crippen LogP contribution in [0.25, 0.3) is 0 Å². The molecule has 142 valence electrons. The van der Waals surface area contributed by atoms with Gasteiger partial charge in [0.1, 0.15) is 6.61 Å². The second kappa shape index (κ2) is 6.72. The van der Waals surface area contributed by atoms with Crippen LogP contribution >= 0.6 is 0 Å². The van der Waals surface area contributed by atoms with Crippen molar-refractivity contribution in [1.29, 1.82) is 0 Å². The monoisotopic (exact) mass is 370 g/mol. The Labute approximate surface area is 157 Å². The van der Waals surface area contributed by atoms with Gasteiger partial charge in [-0.15, -0.1) is 0 Å². The number of ether oxygens (including phenoxy) is 1. The van der Waals surface area contributed by atoms with E-state index in [9.17, 15) is 19.5 Å². The molecule has 1 aromatic carbocycles. The van der Waals surface area contributed by atoms with Crippen LogP contribution in [0, 0.1) is 23.7 Å². The van der Waals surface area contributed by atoms with Crippen molar-refractivity contribution in [3.05, 3.63) is 42.0 Å². The van der Waals surface area contributed by atoms with E-state index in [2.05, 4.69) is 5.32 Å². The molecule has 0 radical (unpaired) electrons. The lowest BCUT2D eigenvalue weighted by Gasteiger charge is -2.26. The molecular weight excluding hydrogens is 348 g/mol. The van der Waals surface area contributed by atoms with Crippen molar-refractivity contribution in [2.24, 2.45) is 23.7 Å². The average Bonchev–Trinajstić information content (AvgIpc) is 3.36. The van der Waals surface area contributed by atoms with Crippen molar-refractivity contribution in [3.8, 4) is 0 Å². The Morgan fingerprint density at radius 1 is 1.26 bits per heavy atom. The van der Waals surface area contributed by atoms with E-state index in [4.69, 9.17) is 4.74 Å². The summed E-state index contributed by atoms with van der Waals surface area (Å²) in [5.41, 5.74) is 1.58. The van der Waals surface area contributed by atoms with Gasteiger partial charge in [0.05, 0.1) is 24.4 Å². The molecule has 1 saturated heterocycles. The highest BCUT2D eigenvalue weighted by Crippen LogP contribution is 2.48. The van der Waals surface area contributed by atoms with Crippen LogP contribution in [0.5, 0.6) is 0 Å². The first-order chi connectivity index (χ1) is 13.0. The molecule has 2 amide bonds. The molecule has 27 heavy (non-hydrogen) atoms. The van der Waals surface area contributed by atoms with E-state index in [1.165, 1.54) is 0 Å². The van der Waals surface area contributed by atoms with Gasteiger partial charge in [-0.1, -0.05) is 24.3 Å². The Balaban J connectivity index is 1.48. The Bertz CT molecular complexity index is 820. The average molecular weight is 370 g/mol. The molecule has 4 rings (SSSR count). The lowest BCUT2D eigenvalue weighted by atomic mass is 9.82. The predicted octanol–water partition coefficient (Wildman–Crippen LogP) is 2.34.